The Morgan fingerprint density at radius 2 is 1.45 bits per heavy atom. The SMILES string of the molecule is C=C1C[C@@H]2O[C@@H]([CH][CH][C]2c2ccccc2)[C@H]1OCC.[C-]#[O+].[C-]#[O+].[Mo+2].c1cnn([B-](n2cccn2)n2cccn2)c1. The third-order valence-electron chi connectivity index (χ3n) is 6.02. The van der Waals surface area contributed by atoms with E-state index in [9.17, 15) is 0 Å². The minimum absolute atomic E-state index is 0. The first kappa shape index (κ1) is 33.0. The van der Waals surface area contributed by atoms with Gasteiger partial charge in [0.15, 0.2) is 0 Å². The van der Waals surface area contributed by atoms with Crippen molar-refractivity contribution in [1.82, 2.24) is 29.1 Å². The summed E-state index contributed by atoms with van der Waals surface area (Å²) < 4.78 is 32.2. The van der Waals surface area contributed by atoms with Crippen molar-refractivity contribution in [2.24, 2.45) is 0 Å². The van der Waals surface area contributed by atoms with E-state index >= 15 is 0 Å². The Hall–Kier alpha value is -3.26. The fourth-order valence-corrected chi connectivity index (χ4v) is 4.45. The maximum atomic E-state index is 7.50. The van der Waals surface area contributed by atoms with Gasteiger partial charge in [0.05, 0.1) is 12.2 Å². The van der Waals surface area contributed by atoms with Gasteiger partial charge in [-0.3, -0.25) is 0 Å². The number of fused-ring (bicyclic) bond motifs is 2. The second kappa shape index (κ2) is 17.4. The van der Waals surface area contributed by atoms with Crippen molar-refractivity contribution in [3.63, 3.8) is 0 Å². The summed E-state index contributed by atoms with van der Waals surface area (Å²) >= 11 is 0. The Kier molecular flexibility index (Phi) is 14.4. The number of ether oxygens (including phenoxy) is 2. The fraction of sp³-hybridized carbons (Fsp3) is 0.214. The van der Waals surface area contributed by atoms with E-state index in [1.54, 1.807) is 32.4 Å². The van der Waals surface area contributed by atoms with Crippen LogP contribution >= 0.6 is 0 Å². The Bertz CT molecular complexity index is 1180. The molecule has 4 radical (unpaired) electrons. The molecule has 2 aliphatic rings. The normalized spacial score (nSPS) is 19.4. The molecular formula is C28H28BMoN6O4+. The second-order valence-electron chi connectivity index (χ2n) is 8.31. The minimum Gasteiger partial charge on any atom is -0.425 e. The van der Waals surface area contributed by atoms with Gasteiger partial charge in [-0.1, -0.05) is 36.9 Å². The average Bonchev–Trinajstić information content (AvgIpc) is 3.80. The molecule has 0 amide bonds. The Balaban J connectivity index is 0.000000246. The minimum atomic E-state index is -0.194. The first-order valence-electron chi connectivity index (χ1n) is 12.2. The molecule has 3 atom stereocenters. The number of nitrogens with zero attached hydrogens (tertiary/aromatic N) is 6. The molecule has 2 fully saturated rings. The van der Waals surface area contributed by atoms with Crippen LogP contribution in [0.15, 0.2) is 97.9 Å². The number of rotatable bonds is 6. The predicted octanol–water partition coefficient (Wildman–Crippen LogP) is 3.28. The van der Waals surface area contributed by atoms with Crippen molar-refractivity contribution in [3.8, 4) is 0 Å². The summed E-state index contributed by atoms with van der Waals surface area (Å²) in [7, 11) is -0.194. The van der Waals surface area contributed by atoms with E-state index in [0.717, 1.165) is 12.0 Å². The summed E-state index contributed by atoms with van der Waals surface area (Å²) in [6.45, 7) is 15.9. The molecule has 4 aromatic rings. The van der Waals surface area contributed by atoms with Gasteiger partial charge in [0.25, 0.3) is 7.12 Å². The first-order valence-corrected chi connectivity index (χ1v) is 12.2. The van der Waals surface area contributed by atoms with Gasteiger partial charge in [-0.15, -0.1) is 0 Å². The number of benzene rings is 1. The summed E-state index contributed by atoms with van der Waals surface area (Å²) in [5.74, 6) is 1.24. The number of hydrogen-bond acceptors (Lipinski definition) is 5. The molecule has 0 aliphatic carbocycles. The van der Waals surface area contributed by atoms with Crippen molar-refractivity contribution in [3.05, 3.63) is 135 Å². The molecule has 5 heterocycles. The van der Waals surface area contributed by atoms with E-state index in [1.165, 1.54) is 11.5 Å². The third kappa shape index (κ3) is 8.13. The van der Waals surface area contributed by atoms with Crippen LogP contribution in [0.2, 0.25) is 0 Å². The molecule has 40 heavy (non-hydrogen) atoms. The fourth-order valence-electron chi connectivity index (χ4n) is 4.45. The van der Waals surface area contributed by atoms with Crippen LogP contribution in [0.4, 0.5) is 0 Å². The van der Waals surface area contributed by atoms with Gasteiger partial charge < -0.3 is 23.3 Å². The van der Waals surface area contributed by atoms with Crippen LogP contribution in [0.3, 0.4) is 0 Å². The number of hydrogen-bond donors (Lipinski definition) is 0. The van der Waals surface area contributed by atoms with Crippen LogP contribution in [0.25, 0.3) is 0 Å². The van der Waals surface area contributed by atoms with Gasteiger partial charge >= 0.3 is 43.7 Å². The summed E-state index contributed by atoms with van der Waals surface area (Å²) in [6.07, 6.45) is 16.1. The van der Waals surface area contributed by atoms with Crippen molar-refractivity contribution in [2.45, 2.75) is 31.7 Å². The Morgan fingerprint density at radius 1 is 0.925 bits per heavy atom. The Labute approximate surface area is 249 Å². The van der Waals surface area contributed by atoms with Gasteiger partial charge in [0.1, 0.15) is 6.10 Å². The van der Waals surface area contributed by atoms with Gasteiger partial charge in [0.2, 0.25) is 0 Å². The molecule has 10 nitrogen and oxygen atoms in total. The van der Waals surface area contributed by atoms with Gasteiger partial charge in [0, 0.05) is 31.1 Å². The molecule has 0 unspecified atom stereocenters. The summed E-state index contributed by atoms with van der Waals surface area (Å²) in [6, 6.07) is 16.0. The number of aromatic nitrogens is 6. The molecule has 12 heteroatoms. The van der Waals surface area contributed by atoms with Crippen LogP contribution < -0.4 is 0 Å². The van der Waals surface area contributed by atoms with Gasteiger partial charge in [-0.25, -0.2) is 15.3 Å². The second-order valence-corrected chi connectivity index (χ2v) is 8.31. The van der Waals surface area contributed by atoms with Crippen LogP contribution in [-0.2, 0) is 39.8 Å². The third-order valence-corrected chi connectivity index (χ3v) is 6.02. The van der Waals surface area contributed by atoms with Crippen LogP contribution in [0.1, 0.15) is 18.9 Å². The Morgan fingerprint density at radius 3 is 1.90 bits per heavy atom. The van der Waals surface area contributed by atoms with Crippen molar-refractivity contribution < 1.29 is 39.8 Å². The summed E-state index contributed by atoms with van der Waals surface area (Å²) in [4.78, 5) is 0. The van der Waals surface area contributed by atoms with Crippen molar-refractivity contribution >= 4 is 7.12 Å². The van der Waals surface area contributed by atoms with Crippen LogP contribution in [0, 0.1) is 32.1 Å². The molecule has 202 valence electrons. The standard InChI is InChI=1S/C17H19O2.C9H9BN6.2CO.Mo/c1-3-18-17-12(2)11-16-14(9-10-15(17)19-16)13-7-5-4-6-8-13;1-4-11-14(7-1)10(15-8-2-5-12-15)16-9-3-6-13-16;2*1-2;/h4-10,15-17H,2-3,11H2,1H3;1-9H;;;/q;-1;;;+2/t15-,16-,17-;;;;/m0..../s1. The molecule has 2 bridgehead atoms. The topological polar surface area (TPSA) is 112 Å². The zero-order valence-corrected chi connectivity index (χ0v) is 23.9. The quantitative estimate of drug-likeness (QED) is 0.142. The smallest absolute Gasteiger partial charge is 0.425 e. The van der Waals surface area contributed by atoms with Crippen LogP contribution in [0.5, 0.6) is 0 Å². The van der Waals surface area contributed by atoms with Crippen LogP contribution in [-0.4, -0.2) is 61.1 Å². The van der Waals surface area contributed by atoms with E-state index in [2.05, 4.69) is 72.3 Å². The molecule has 3 aromatic heterocycles. The van der Waals surface area contributed by atoms with Gasteiger partial charge in [-0.05, 0) is 74.1 Å². The molecule has 6 rings (SSSR count). The van der Waals surface area contributed by atoms with Crippen molar-refractivity contribution in [2.75, 3.05) is 6.61 Å². The summed E-state index contributed by atoms with van der Waals surface area (Å²) in [5, 5.41) is 12.7. The van der Waals surface area contributed by atoms with E-state index in [1.807, 2.05) is 49.8 Å². The molecule has 2 saturated heterocycles. The van der Waals surface area contributed by atoms with E-state index in [4.69, 9.17) is 18.8 Å². The molecule has 0 N–H and O–H groups in total. The van der Waals surface area contributed by atoms with Gasteiger partial charge in [-0.2, -0.15) is 0 Å². The molecule has 0 spiro atoms. The summed E-state index contributed by atoms with van der Waals surface area (Å²) in [5.41, 5.74) is 2.37. The molecule has 0 saturated carbocycles. The zero-order chi connectivity index (χ0) is 28.0. The monoisotopic (exact) mass is 621 g/mol. The van der Waals surface area contributed by atoms with E-state index < -0.39 is 0 Å². The largest absolute Gasteiger partial charge is 2.00 e. The predicted molar refractivity (Wildman–Crippen MR) is 142 cm³/mol. The van der Waals surface area contributed by atoms with E-state index in [-0.39, 0.29) is 46.5 Å². The maximum Gasteiger partial charge on any atom is 2.00 e. The molecule has 1 aromatic carbocycles. The molecular weight excluding hydrogens is 591 g/mol. The maximum absolute atomic E-state index is 7.50. The molecule has 2 aliphatic heterocycles. The zero-order valence-electron chi connectivity index (χ0n) is 21.9. The van der Waals surface area contributed by atoms with E-state index in [0.29, 0.717) is 6.61 Å². The average molecular weight is 619 g/mol. The first-order chi connectivity index (χ1) is 19.2. The van der Waals surface area contributed by atoms with Crippen molar-refractivity contribution in [1.29, 1.82) is 0 Å².